The molecule has 0 radical (unpaired) electrons. The van der Waals surface area contributed by atoms with Gasteiger partial charge in [0.05, 0.1) is 7.11 Å². The largest absolute Gasteiger partial charge is 0.497 e. The van der Waals surface area contributed by atoms with Gasteiger partial charge in [0.25, 0.3) is 0 Å². The molecule has 2 aromatic carbocycles. The van der Waals surface area contributed by atoms with Gasteiger partial charge in [0, 0.05) is 10.5 Å². The lowest BCUT2D eigenvalue weighted by molar-refractivity contribution is 0.414. The van der Waals surface area contributed by atoms with Crippen molar-refractivity contribution in [1.82, 2.24) is 5.32 Å². The van der Waals surface area contributed by atoms with Gasteiger partial charge in [-0.3, -0.25) is 0 Å². The first-order valence-electron chi connectivity index (χ1n) is 6.86. The number of methoxy groups -OCH3 is 1. The minimum absolute atomic E-state index is 0.204. The van der Waals surface area contributed by atoms with Crippen LogP contribution in [0.4, 0.5) is 4.39 Å². The molecule has 0 amide bonds. The van der Waals surface area contributed by atoms with E-state index in [1.807, 2.05) is 25.2 Å². The summed E-state index contributed by atoms with van der Waals surface area (Å²) in [5, 5.41) is 3.30. The maximum Gasteiger partial charge on any atom is 0.123 e. The van der Waals surface area contributed by atoms with E-state index in [0.717, 1.165) is 28.6 Å². The fraction of sp³-hybridized carbons (Fsp3) is 0.294. The van der Waals surface area contributed by atoms with Crippen molar-refractivity contribution < 1.29 is 9.13 Å². The van der Waals surface area contributed by atoms with Crippen molar-refractivity contribution in [1.29, 1.82) is 0 Å². The minimum Gasteiger partial charge on any atom is -0.497 e. The molecule has 112 valence electrons. The van der Waals surface area contributed by atoms with Crippen molar-refractivity contribution in [2.75, 3.05) is 14.2 Å². The Morgan fingerprint density at radius 2 is 2.00 bits per heavy atom. The summed E-state index contributed by atoms with van der Waals surface area (Å²) in [5.41, 5.74) is 2.17. The number of hydrogen-bond acceptors (Lipinski definition) is 2. The quantitative estimate of drug-likeness (QED) is 0.850. The van der Waals surface area contributed by atoms with Crippen LogP contribution in [0.25, 0.3) is 0 Å². The van der Waals surface area contributed by atoms with Crippen LogP contribution in [0.15, 0.2) is 46.9 Å². The van der Waals surface area contributed by atoms with Gasteiger partial charge in [-0.05, 0) is 61.3 Å². The molecule has 0 aliphatic rings. The van der Waals surface area contributed by atoms with E-state index in [-0.39, 0.29) is 11.9 Å². The summed E-state index contributed by atoms with van der Waals surface area (Å²) >= 11 is 3.48. The maximum absolute atomic E-state index is 13.4. The molecule has 2 aromatic rings. The SMILES string of the molecule is CNC(Cc1cccc(OC)c1)Cc1cc(F)ccc1Br. The Bertz CT molecular complexity index is 603. The molecule has 2 rings (SSSR count). The molecule has 0 aliphatic carbocycles. The maximum atomic E-state index is 13.4. The van der Waals surface area contributed by atoms with Crippen LogP contribution in [-0.4, -0.2) is 20.2 Å². The van der Waals surface area contributed by atoms with Crippen LogP contribution >= 0.6 is 15.9 Å². The molecule has 0 saturated heterocycles. The van der Waals surface area contributed by atoms with E-state index in [1.165, 1.54) is 11.6 Å². The Morgan fingerprint density at radius 1 is 1.19 bits per heavy atom. The van der Waals surface area contributed by atoms with Gasteiger partial charge in [-0.25, -0.2) is 4.39 Å². The monoisotopic (exact) mass is 351 g/mol. The number of benzene rings is 2. The van der Waals surface area contributed by atoms with E-state index in [4.69, 9.17) is 4.74 Å². The molecule has 0 saturated carbocycles. The summed E-state index contributed by atoms with van der Waals surface area (Å²) in [5.74, 6) is 0.652. The second kappa shape index (κ2) is 7.57. The highest BCUT2D eigenvalue weighted by molar-refractivity contribution is 9.10. The second-order valence-corrected chi connectivity index (χ2v) is 5.84. The van der Waals surface area contributed by atoms with Crippen molar-refractivity contribution >= 4 is 15.9 Å². The number of hydrogen-bond donors (Lipinski definition) is 1. The van der Waals surface area contributed by atoms with E-state index in [1.54, 1.807) is 19.2 Å². The Kier molecular flexibility index (Phi) is 5.76. The first-order valence-corrected chi connectivity index (χ1v) is 7.66. The Morgan fingerprint density at radius 3 is 2.71 bits per heavy atom. The molecule has 0 aromatic heterocycles. The summed E-state index contributed by atoms with van der Waals surface area (Å²) in [4.78, 5) is 0. The topological polar surface area (TPSA) is 21.3 Å². The molecule has 1 atom stereocenters. The summed E-state index contributed by atoms with van der Waals surface area (Å²) in [6.07, 6.45) is 1.61. The van der Waals surface area contributed by atoms with Gasteiger partial charge in [-0.1, -0.05) is 28.1 Å². The molecule has 0 spiro atoms. The highest BCUT2D eigenvalue weighted by atomic mass is 79.9. The second-order valence-electron chi connectivity index (χ2n) is 4.98. The van der Waals surface area contributed by atoms with Gasteiger partial charge in [-0.2, -0.15) is 0 Å². The lowest BCUT2D eigenvalue weighted by atomic mass is 9.99. The summed E-state index contributed by atoms with van der Waals surface area (Å²) in [6, 6.07) is 13.1. The fourth-order valence-electron chi connectivity index (χ4n) is 2.33. The van der Waals surface area contributed by atoms with Crippen molar-refractivity contribution in [3.05, 3.63) is 63.9 Å². The summed E-state index contributed by atoms with van der Waals surface area (Å²) in [6.45, 7) is 0. The molecular weight excluding hydrogens is 333 g/mol. The molecule has 0 aliphatic heterocycles. The van der Waals surface area contributed by atoms with Gasteiger partial charge < -0.3 is 10.1 Å². The molecule has 0 heterocycles. The highest BCUT2D eigenvalue weighted by Crippen LogP contribution is 2.21. The van der Waals surface area contributed by atoms with E-state index in [2.05, 4.69) is 27.3 Å². The van der Waals surface area contributed by atoms with Crippen LogP contribution in [0.5, 0.6) is 5.75 Å². The van der Waals surface area contributed by atoms with Crippen molar-refractivity contribution in [2.24, 2.45) is 0 Å². The number of nitrogens with one attached hydrogen (secondary N) is 1. The van der Waals surface area contributed by atoms with Crippen molar-refractivity contribution in [2.45, 2.75) is 18.9 Å². The van der Waals surface area contributed by atoms with Crippen LogP contribution in [0, 0.1) is 5.82 Å². The van der Waals surface area contributed by atoms with Gasteiger partial charge in [0.2, 0.25) is 0 Å². The Labute approximate surface area is 133 Å². The molecule has 1 unspecified atom stereocenters. The van der Waals surface area contributed by atoms with Gasteiger partial charge in [-0.15, -0.1) is 0 Å². The summed E-state index contributed by atoms with van der Waals surface area (Å²) in [7, 11) is 3.59. The van der Waals surface area contributed by atoms with Crippen molar-refractivity contribution in [3.8, 4) is 5.75 Å². The molecule has 0 bridgehead atoms. The predicted octanol–water partition coefficient (Wildman–Crippen LogP) is 3.97. The van der Waals surface area contributed by atoms with E-state index < -0.39 is 0 Å². The van der Waals surface area contributed by atoms with E-state index >= 15 is 0 Å². The number of rotatable bonds is 6. The van der Waals surface area contributed by atoms with Crippen LogP contribution in [-0.2, 0) is 12.8 Å². The fourth-order valence-corrected chi connectivity index (χ4v) is 2.73. The van der Waals surface area contributed by atoms with Crippen LogP contribution in [0.2, 0.25) is 0 Å². The smallest absolute Gasteiger partial charge is 0.123 e. The lowest BCUT2D eigenvalue weighted by Crippen LogP contribution is -2.30. The average molecular weight is 352 g/mol. The zero-order chi connectivity index (χ0) is 15.2. The molecule has 2 nitrogen and oxygen atoms in total. The predicted molar refractivity (Wildman–Crippen MR) is 87.3 cm³/mol. The highest BCUT2D eigenvalue weighted by Gasteiger charge is 2.12. The number of halogens is 2. The molecule has 21 heavy (non-hydrogen) atoms. The third-order valence-corrected chi connectivity index (χ3v) is 4.27. The molecule has 4 heteroatoms. The van der Waals surface area contributed by atoms with Crippen molar-refractivity contribution in [3.63, 3.8) is 0 Å². The van der Waals surface area contributed by atoms with Crippen LogP contribution in [0.1, 0.15) is 11.1 Å². The number of likely N-dealkylation sites (N-methyl/N-ethyl adjacent to an activating group) is 1. The third kappa shape index (κ3) is 4.55. The molecule has 1 N–H and O–H groups in total. The minimum atomic E-state index is -0.204. The first kappa shape index (κ1) is 16.0. The lowest BCUT2D eigenvalue weighted by Gasteiger charge is -2.17. The molecule has 0 fully saturated rings. The van der Waals surface area contributed by atoms with Gasteiger partial charge in [0.1, 0.15) is 11.6 Å². The third-order valence-electron chi connectivity index (χ3n) is 3.50. The van der Waals surface area contributed by atoms with Crippen LogP contribution in [0.3, 0.4) is 0 Å². The Hall–Kier alpha value is -1.39. The van der Waals surface area contributed by atoms with E-state index in [9.17, 15) is 4.39 Å². The summed E-state index contributed by atoms with van der Waals surface area (Å²) < 4.78 is 19.6. The van der Waals surface area contributed by atoms with Crippen LogP contribution < -0.4 is 10.1 Å². The molecular formula is C17H19BrFNO. The normalized spacial score (nSPS) is 12.2. The Balaban J connectivity index is 2.10. The first-order chi connectivity index (χ1) is 10.1. The van der Waals surface area contributed by atoms with Gasteiger partial charge >= 0.3 is 0 Å². The number of ether oxygens (including phenoxy) is 1. The standard InChI is InChI=1S/C17H19BrFNO/c1-20-15(8-12-4-3-5-16(9-12)21-2)11-13-10-14(19)6-7-17(13)18/h3-7,9-10,15,20H,8,11H2,1-2H3. The zero-order valence-corrected chi connectivity index (χ0v) is 13.8. The average Bonchev–Trinajstić information content (AvgIpc) is 2.50. The van der Waals surface area contributed by atoms with Gasteiger partial charge in [0.15, 0.2) is 0 Å². The van der Waals surface area contributed by atoms with E-state index in [0.29, 0.717) is 0 Å². The zero-order valence-electron chi connectivity index (χ0n) is 12.2.